The summed E-state index contributed by atoms with van der Waals surface area (Å²) < 4.78 is 0. The van der Waals surface area contributed by atoms with Crippen molar-refractivity contribution in [1.29, 1.82) is 0 Å². The van der Waals surface area contributed by atoms with Crippen LogP contribution in [0.1, 0.15) is 39.5 Å². The van der Waals surface area contributed by atoms with Gasteiger partial charge in [0.15, 0.2) is 0 Å². The normalized spacial score (nSPS) is 18.0. The second kappa shape index (κ2) is 7.29. The molecule has 1 fully saturated rings. The van der Waals surface area contributed by atoms with Gasteiger partial charge in [-0.15, -0.1) is 0 Å². The number of nitrogens with zero attached hydrogens (tertiary/aromatic N) is 2. The lowest BCUT2D eigenvalue weighted by Crippen LogP contribution is -2.20. The molecule has 1 aromatic rings. The van der Waals surface area contributed by atoms with Gasteiger partial charge in [0.2, 0.25) is 0 Å². The van der Waals surface area contributed by atoms with Gasteiger partial charge in [-0.1, -0.05) is 20.3 Å². The molecule has 1 aliphatic heterocycles. The zero-order valence-electron chi connectivity index (χ0n) is 13.0. The number of nitro groups is 1. The zero-order chi connectivity index (χ0) is 15.2. The minimum absolute atomic E-state index is 0.171. The number of anilines is 2. The van der Waals surface area contributed by atoms with Crippen molar-refractivity contribution in [1.82, 2.24) is 0 Å². The van der Waals surface area contributed by atoms with Crippen LogP contribution in [0.25, 0.3) is 0 Å². The molecule has 1 atom stereocenters. The van der Waals surface area contributed by atoms with Gasteiger partial charge in [-0.25, -0.2) is 0 Å². The van der Waals surface area contributed by atoms with E-state index in [0.717, 1.165) is 43.3 Å². The lowest BCUT2D eigenvalue weighted by atomic mass is 10.0. The van der Waals surface area contributed by atoms with Crippen molar-refractivity contribution in [2.45, 2.75) is 39.5 Å². The van der Waals surface area contributed by atoms with Crippen LogP contribution < -0.4 is 10.2 Å². The molecule has 5 heteroatoms. The van der Waals surface area contributed by atoms with Crippen molar-refractivity contribution in [3.8, 4) is 0 Å². The maximum absolute atomic E-state index is 11.1. The van der Waals surface area contributed by atoms with E-state index in [0.29, 0.717) is 0 Å². The highest BCUT2D eigenvalue weighted by Gasteiger charge is 2.23. The molecule has 0 saturated carbocycles. The first kappa shape index (κ1) is 15.6. The predicted molar refractivity (Wildman–Crippen MR) is 87.1 cm³/mol. The zero-order valence-corrected chi connectivity index (χ0v) is 13.0. The summed E-state index contributed by atoms with van der Waals surface area (Å²) >= 11 is 0. The summed E-state index contributed by atoms with van der Waals surface area (Å²) in [6.07, 6.45) is 4.64. The highest BCUT2D eigenvalue weighted by atomic mass is 16.6. The van der Waals surface area contributed by atoms with E-state index in [1.807, 2.05) is 6.07 Å². The minimum atomic E-state index is -0.305. The third-order valence-corrected chi connectivity index (χ3v) is 4.04. The van der Waals surface area contributed by atoms with Gasteiger partial charge in [0.05, 0.1) is 4.92 Å². The van der Waals surface area contributed by atoms with Crippen molar-refractivity contribution in [3.05, 3.63) is 28.3 Å². The Morgan fingerprint density at radius 3 is 2.81 bits per heavy atom. The first-order valence-corrected chi connectivity index (χ1v) is 7.92. The van der Waals surface area contributed by atoms with E-state index in [4.69, 9.17) is 0 Å². The van der Waals surface area contributed by atoms with Gasteiger partial charge in [0.25, 0.3) is 5.69 Å². The fourth-order valence-corrected chi connectivity index (χ4v) is 2.97. The van der Waals surface area contributed by atoms with E-state index < -0.39 is 0 Å². The first-order valence-electron chi connectivity index (χ1n) is 7.92. The summed E-state index contributed by atoms with van der Waals surface area (Å²) in [5.74, 6) is 0.723. The van der Waals surface area contributed by atoms with Crippen LogP contribution >= 0.6 is 0 Å². The molecule has 0 bridgehead atoms. The predicted octanol–water partition coefficient (Wildman–Crippen LogP) is 4.04. The van der Waals surface area contributed by atoms with E-state index in [9.17, 15) is 10.1 Å². The average Bonchev–Trinajstić information content (AvgIpc) is 2.94. The standard InChI is InChI=1S/C16H25N3O2/c1-3-5-13-6-8-18(12-13)15-9-14(17-7-4-2)10-16(11-15)19(20)21/h9-11,13,17H,3-8,12H2,1-2H3. The van der Waals surface area contributed by atoms with Crippen molar-refractivity contribution < 1.29 is 4.92 Å². The maximum Gasteiger partial charge on any atom is 0.273 e. The average molecular weight is 291 g/mol. The number of rotatable bonds is 7. The smallest absolute Gasteiger partial charge is 0.273 e. The molecule has 0 aliphatic carbocycles. The molecule has 0 radical (unpaired) electrons. The summed E-state index contributed by atoms with van der Waals surface area (Å²) in [5, 5.41) is 14.4. The van der Waals surface area contributed by atoms with Gasteiger partial charge in [-0.2, -0.15) is 0 Å². The van der Waals surface area contributed by atoms with Gasteiger partial charge in [-0.3, -0.25) is 10.1 Å². The maximum atomic E-state index is 11.1. The third kappa shape index (κ3) is 4.09. The minimum Gasteiger partial charge on any atom is -0.385 e. The van der Waals surface area contributed by atoms with E-state index in [1.165, 1.54) is 19.3 Å². The Morgan fingerprint density at radius 2 is 2.14 bits per heavy atom. The molecule has 1 heterocycles. The molecule has 1 aliphatic rings. The Morgan fingerprint density at radius 1 is 1.33 bits per heavy atom. The fourth-order valence-electron chi connectivity index (χ4n) is 2.97. The van der Waals surface area contributed by atoms with Crippen LogP contribution in [0.15, 0.2) is 18.2 Å². The monoisotopic (exact) mass is 291 g/mol. The summed E-state index contributed by atoms with van der Waals surface area (Å²) in [6.45, 7) is 7.14. The Hall–Kier alpha value is -1.78. The number of nitrogens with one attached hydrogen (secondary N) is 1. The summed E-state index contributed by atoms with van der Waals surface area (Å²) in [5.41, 5.74) is 1.99. The second-order valence-electron chi connectivity index (χ2n) is 5.81. The third-order valence-electron chi connectivity index (χ3n) is 4.04. The molecule has 0 aromatic heterocycles. The van der Waals surface area contributed by atoms with Crippen molar-refractivity contribution in [2.24, 2.45) is 5.92 Å². The van der Waals surface area contributed by atoms with Crippen LogP contribution in [0, 0.1) is 16.0 Å². The van der Waals surface area contributed by atoms with Crippen LogP contribution in [0.5, 0.6) is 0 Å². The number of hydrogen-bond donors (Lipinski definition) is 1. The van der Waals surface area contributed by atoms with Crippen molar-refractivity contribution >= 4 is 17.1 Å². The van der Waals surface area contributed by atoms with Gasteiger partial charge in [0.1, 0.15) is 0 Å². The van der Waals surface area contributed by atoms with Gasteiger partial charge < -0.3 is 10.2 Å². The van der Waals surface area contributed by atoms with Crippen molar-refractivity contribution in [2.75, 3.05) is 29.9 Å². The molecule has 1 unspecified atom stereocenters. The second-order valence-corrected chi connectivity index (χ2v) is 5.81. The van der Waals surface area contributed by atoms with Crippen LogP contribution in [0.3, 0.4) is 0 Å². The molecule has 0 amide bonds. The fraction of sp³-hybridized carbons (Fsp3) is 0.625. The Bertz CT molecular complexity index is 490. The number of hydrogen-bond acceptors (Lipinski definition) is 4. The van der Waals surface area contributed by atoms with Crippen LogP contribution in [0.2, 0.25) is 0 Å². The Balaban J connectivity index is 2.17. The largest absolute Gasteiger partial charge is 0.385 e. The number of benzene rings is 1. The van der Waals surface area contributed by atoms with E-state index >= 15 is 0 Å². The first-order chi connectivity index (χ1) is 10.1. The Kier molecular flexibility index (Phi) is 5.42. The van der Waals surface area contributed by atoms with Gasteiger partial charge in [-0.05, 0) is 31.2 Å². The number of non-ortho nitro benzene ring substituents is 1. The molecule has 116 valence electrons. The van der Waals surface area contributed by atoms with E-state index in [2.05, 4.69) is 24.1 Å². The lowest BCUT2D eigenvalue weighted by Gasteiger charge is -2.20. The summed E-state index contributed by atoms with van der Waals surface area (Å²) in [7, 11) is 0. The molecule has 1 N–H and O–H groups in total. The van der Waals surface area contributed by atoms with E-state index in [1.54, 1.807) is 12.1 Å². The quantitative estimate of drug-likeness (QED) is 0.608. The number of nitro benzene ring substituents is 1. The van der Waals surface area contributed by atoms with Crippen LogP contribution in [0.4, 0.5) is 17.1 Å². The SMILES string of the molecule is CCCNc1cc(N2CCC(CCC)C2)cc([N+](=O)[O-])c1. The topological polar surface area (TPSA) is 58.4 Å². The molecule has 21 heavy (non-hydrogen) atoms. The highest BCUT2D eigenvalue weighted by Crippen LogP contribution is 2.31. The molecule has 0 spiro atoms. The lowest BCUT2D eigenvalue weighted by molar-refractivity contribution is -0.384. The highest BCUT2D eigenvalue weighted by molar-refractivity contribution is 5.64. The molecular weight excluding hydrogens is 266 g/mol. The molecule has 5 nitrogen and oxygen atoms in total. The molecular formula is C16H25N3O2. The van der Waals surface area contributed by atoms with Crippen LogP contribution in [-0.4, -0.2) is 24.6 Å². The van der Waals surface area contributed by atoms with Gasteiger partial charge >= 0.3 is 0 Å². The molecule has 1 aromatic carbocycles. The Labute approximate surface area is 126 Å². The summed E-state index contributed by atoms with van der Waals surface area (Å²) in [6, 6.07) is 5.36. The molecule has 1 saturated heterocycles. The molecule has 2 rings (SSSR count). The van der Waals surface area contributed by atoms with Gasteiger partial charge in [0, 0.05) is 43.1 Å². The van der Waals surface area contributed by atoms with Crippen LogP contribution in [-0.2, 0) is 0 Å². The van der Waals surface area contributed by atoms with E-state index in [-0.39, 0.29) is 10.6 Å². The summed E-state index contributed by atoms with van der Waals surface area (Å²) in [4.78, 5) is 13.1. The van der Waals surface area contributed by atoms with Crippen molar-refractivity contribution in [3.63, 3.8) is 0 Å².